The number of carbonyl (C=O) groups is 1. The third-order valence-electron chi connectivity index (χ3n) is 5.15. The van der Waals surface area contributed by atoms with E-state index in [0.29, 0.717) is 44.0 Å². The van der Waals surface area contributed by atoms with Crippen LogP contribution < -0.4 is 15.6 Å². The number of hydrogen-bond acceptors (Lipinski definition) is 5. The first kappa shape index (κ1) is 17.7. The van der Waals surface area contributed by atoms with E-state index in [2.05, 4.69) is 10.4 Å². The molecule has 1 N–H and O–H groups in total. The number of nitrogens with one attached hydrogen (secondary N) is 1. The zero-order chi connectivity index (χ0) is 18.6. The van der Waals surface area contributed by atoms with Gasteiger partial charge in [-0.2, -0.15) is 5.10 Å². The number of amides is 1. The third kappa shape index (κ3) is 4.19. The smallest absolute Gasteiger partial charge is 0.274 e. The molecule has 7 heteroatoms. The summed E-state index contributed by atoms with van der Waals surface area (Å²) >= 11 is 0. The van der Waals surface area contributed by atoms with Crippen LogP contribution in [0.25, 0.3) is 0 Å². The monoisotopic (exact) mass is 368 g/mol. The van der Waals surface area contributed by atoms with Crippen LogP contribution in [0, 0.1) is 0 Å². The summed E-state index contributed by atoms with van der Waals surface area (Å²) in [5.41, 5.74) is 0.0784. The summed E-state index contributed by atoms with van der Waals surface area (Å²) in [5, 5.41) is 7.85. The lowest BCUT2D eigenvalue weighted by atomic mass is 9.94. The van der Waals surface area contributed by atoms with Crippen LogP contribution in [0.1, 0.15) is 29.8 Å². The standard InChI is InChI=1S/C20H24N4O3/c25-19-10-9-18(20(26)23-13-15-5-4-6-16(14-23)21-15)22-24(19)11-12-27-17-7-2-1-3-8-17/h1-3,7-10,15-16,21H,4-6,11-14H2. The lowest BCUT2D eigenvalue weighted by Crippen LogP contribution is -2.60. The number of carbonyl (C=O) groups excluding carboxylic acids is 1. The fourth-order valence-corrected chi connectivity index (χ4v) is 3.82. The molecule has 2 aliphatic rings. The summed E-state index contributed by atoms with van der Waals surface area (Å²) in [6, 6.07) is 13.1. The number of hydrogen-bond donors (Lipinski definition) is 1. The Hall–Kier alpha value is -2.67. The summed E-state index contributed by atoms with van der Waals surface area (Å²) in [6.07, 6.45) is 3.42. The molecule has 0 spiro atoms. The first-order valence-corrected chi connectivity index (χ1v) is 9.50. The molecule has 7 nitrogen and oxygen atoms in total. The van der Waals surface area contributed by atoms with E-state index >= 15 is 0 Å². The maximum Gasteiger partial charge on any atom is 0.274 e. The van der Waals surface area contributed by atoms with Crippen molar-refractivity contribution >= 4 is 5.91 Å². The van der Waals surface area contributed by atoms with Crippen LogP contribution in [0.2, 0.25) is 0 Å². The van der Waals surface area contributed by atoms with Gasteiger partial charge in [-0.25, -0.2) is 4.68 Å². The molecule has 2 saturated heterocycles. The maximum absolute atomic E-state index is 12.9. The minimum absolute atomic E-state index is 0.105. The lowest BCUT2D eigenvalue weighted by Gasteiger charge is -2.42. The first-order valence-electron chi connectivity index (χ1n) is 9.50. The molecule has 2 aliphatic heterocycles. The Labute approximate surface area is 157 Å². The molecule has 0 aliphatic carbocycles. The fourth-order valence-electron chi connectivity index (χ4n) is 3.82. The topological polar surface area (TPSA) is 76.5 Å². The summed E-state index contributed by atoms with van der Waals surface area (Å²) < 4.78 is 6.93. The van der Waals surface area contributed by atoms with Gasteiger partial charge in [0.1, 0.15) is 18.1 Å². The predicted molar refractivity (Wildman–Crippen MR) is 101 cm³/mol. The van der Waals surface area contributed by atoms with Crippen LogP contribution in [0.15, 0.2) is 47.3 Å². The molecule has 2 unspecified atom stereocenters. The van der Waals surface area contributed by atoms with E-state index in [1.54, 1.807) is 0 Å². The lowest BCUT2D eigenvalue weighted by molar-refractivity contribution is 0.0599. The van der Waals surface area contributed by atoms with Crippen LogP contribution in [-0.2, 0) is 6.54 Å². The van der Waals surface area contributed by atoms with Crippen molar-refractivity contribution in [1.82, 2.24) is 20.0 Å². The molecule has 1 aromatic heterocycles. The molecule has 0 radical (unpaired) electrons. The van der Waals surface area contributed by atoms with Crippen molar-refractivity contribution in [3.8, 4) is 5.75 Å². The summed E-state index contributed by atoms with van der Waals surface area (Å²) in [6.45, 7) is 2.01. The number of benzene rings is 1. The van der Waals surface area contributed by atoms with Gasteiger partial charge in [-0.15, -0.1) is 0 Å². The van der Waals surface area contributed by atoms with Crippen LogP contribution in [-0.4, -0.2) is 52.4 Å². The SMILES string of the molecule is O=C(c1ccc(=O)n(CCOc2ccccc2)n1)N1CC2CCCC(C1)N2. The van der Waals surface area contributed by atoms with Crippen molar-refractivity contribution in [3.05, 3.63) is 58.5 Å². The van der Waals surface area contributed by atoms with Gasteiger partial charge in [-0.05, 0) is 31.0 Å². The summed E-state index contributed by atoms with van der Waals surface area (Å²) in [4.78, 5) is 26.8. The van der Waals surface area contributed by atoms with Gasteiger partial charge in [0, 0.05) is 31.2 Å². The third-order valence-corrected chi connectivity index (χ3v) is 5.15. The van der Waals surface area contributed by atoms with Crippen molar-refractivity contribution in [2.45, 2.75) is 37.9 Å². The predicted octanol–water partition coefficient (Wildman–Crippen LogP) is 1.29. The highest BCUT2D eigenvalue weighted by Gasteiger charge is 2.32. The van der Waals surface area contributed by atoms with Crippen molar-refractivity contribution < 1.29 is 9.53 Å². The zero-order valence-corrected chi connectivity index (χ0v) is 15.2. The van der Waals surface area contributed by atoms with Gasteiger partial charge in [0.05, 0.1) is 6.54 Å². The number of rotatable bonds is 5. The first-order chi connectivity index (χ1) is 13.2. The second kappa shape index (κ2) is 7.92. The molecule has 4 rings (SSSR count). The Morgan fingerprint density at radius 3 is 2.59 bits per heavy atom. The Balaban J connectivity index is 1.42. The Morgan fingerprint density at radius 2 is 1.85 bits per heavy atom. The van der Waals surface area contributed by atoms with Crippen LogP contribution in [0.5, 0.6) is 5.75 Å². The van der Waals surface area contributed by atoms with E-state index in [0.717, 1.165) is 18.6 Å². The number of ether oxygens (including phenoxy) is 1. The maximum atomic E-state index is 12.9. The van der Waals surface area contributed by atoms with Crippen LogP contribution >= 0.6 is 0 Å². The molecule has 0 saturated carbocycles. The van der Waals surface area contributed by atoms with Gasteiger partial charge in [-0.3, -0.25) is 9.59 Å². The van der Waals surface area contributed by atoms with Crippen LogP contribution in [0.3, 0.4) is 0 Å². The Morgan fingerprint density at radius 1 is 1.11 bits per heavy atom. The van der Waals surface area contributed by atoms with Gasteiger partial charge in [0.2, 0.25) is 0 Å². The molecule has 1 amide bonds. The van der Waals surface area contributed by atoms with Gasteiger partial charge in [-0.1, -0.05) is 24.6 Å². The number of para-hydroxylation sites is 1. The number of likely N-dealkylation sites (tertiary alicyclic amines) is 1. The fraction of sp³-hybridized carbons (Fsp3) is 0.450. The van der Waals surface area contributed by atoms with Crippen molar-refractivity contribution in [2.75, 3.05) is 19.7 Å². The average Bonchev–Trinajstić information content (AvgIpc) is 2.69. The Kier molecular flexibility index (Phi) is 5.20. The van der Waals surface area contributed by atoms with Crippen molar-refractivity contribution in [2.24, 2.45) is 0 Å². The second-order valence-corrected chi connectivity index (χ2v) is 7.14. The van der Waals surface area contributed by atoms with Crippen LogP contribution in [0.4, 0.5) is 0 Å². The normalized spacial score (nSPS) is 21.7. The zero-order valence-electron chi connectivity index (χ0n) is 15.2. The van der Waals surface area contributed by atoms with Gasteiger partial charge < -0.3 is 15.0 Å². The second-order valence-electron chi connectivity index (χ2n) is 7.14. The van der Waals surface area contributed by atoms with Crippen molar-refractivity contribution in [3.63, 3.8) is 0 Å². The number of aromatic nitrogens is 2. The molecule has 2 bridgehead atoms. The van der Waals surface area contributed by atoms with Gasteiger partial charge in [0.25, 0.3) is 11.5 Å². The minimum Gasteiger partial charge on any atom is -0.492 e. The highest BCUT2D eigenvalue weighted by Crippen LogP contribution is 2.20. The highest BCUT2D eigenvalue weighted by molar-refractivity contribution is 5.92. The number of nitrogens with zero attached hydrogens (tertiary/aromatic N) is 3. The molecule has 2 fully saturated rings. The van der Waals surface area contributed by atoms with E-state index < -0.39 is 0 Å². The molecule has 1 aromatic carbocycles. The average molecular weight is 368 g/mol. The molecule has 3 heterocycles. The number of piperazine rings is 1. The van der Waals surface area contributed by atoms with E-state index in [4.69, 9.17) is 4.74 Å². The summed E-state index contributed by atoms with van der Waals surface area (Å²) in [7, 11) is 0. The molecule has 2 aromatic rings. The van der Waals surface area contributed by atoms with E-state index in [9.17, 15) is 9.59 Å². The Bertz CT molecular complexity index is 840. The summed E-state index contributed by atoms with van der Waals surface area (Å²) in [5.74, 6) is 0.635. The quantitative estimate of drug-likeness (QED) is 0.861. The highest BCUT2D eigenvalue weighted by atomic mass is 16.5. The number of fused-ring (bicyclic) bond motifs is 2. The van der Waals surface area contributed by atoms with Gasteiger partial charge >= 0.3 is 0 Å². The molecule has 27 heavy (non-hydrogen) atoms. The molecule has 2 atom stereocenters. The van der Waals surface area contributed by atoms with Gasteiger partial charge in [0.15, 0.2) is 0 Å². The minimum atomic E-state index is -0.236. The molecule has 142 valence electrons. The largest absolute Gasteiger partial charge is 0.492 e. The molecular formula is C20H24N4O3. The van der Waals surface area contributed by atoms with E-state index in [1.165, 1.54) is 23.2 Å². The van der Waals surface area contributed by atoms with E-state index in [-0.39, 0.29) is 11.5 Å². The number of piperidine rings is 1. The molecular weight excluding hydrogens is 344 g/mol. The van der Waals surface area contributed by atoms with E-state index in [1.807, 2.05) is 35.2 Å². The van der Waals surface area contributed by atoms with Crippen molar-refractivity contribution in [1.29, 1.82) is 0 Å².